The zero-order valence-corrected chi connectivity index (χ0v) is 12.3. The lowest BCUT2D eigenvalue weighted by Crippen LogP contribution is -2.30. The molecule has 2 rings (SSSR count). The fourth-order valence-corrected chi connectivity index (χ4v) is 2.11. The summed E-state index contributed by atoms with van der Waals surface area (Å²) in [5.74, 6) is -0.0887. The Labute approximate surface area is 119 Å². The van der Waals surface area contributed by atoms with Gasteiger partial charge in [-0.25, -0.2) is 0 Å². The van der Waals surface area contributed by atoms with Crippen LogP contribution in [0.15, 0.2) is 30.6 Å². The standard InChI is InChI=1S/C15H20N4O/c1-10-5-6-11(2)13(7-10)18-15(20)14(16-3)12-8-17-19(4)9-12/h5-9,14,16H,1-4H3,(H,18,20). The second kappa shape index (κ2) is 5.88. The van der Waals surface area contributed by atoms with Crippen molar-refractivity contribution in [3.63, 3.8) is 0 Å². The maximum absolute atomic E-state index is 12.4. The molecule has 1 amide bonds. The first kappa shape index (κ1) is 14.3. The highest BCUT2D eigenvalue weighted by Crippen LogP contribution is 2.19. The van der Waals surface area contributed by atoms with Gasteiger partial charge >= 0.3 is 0 Å². The fraction of sp³-hybridized carbons (Fsp3) is 0.333. The molecule has 0 saturated carbocycles. The molecule has 1 aromatic carbocycles. The number of aryl methyl sites for hydroxylation is 3. The van der Waals surface area contributed by atoms with Crippen molar-refractivity contribution in [1.29, 1.82) is 0 Å². The van der Waals surface area contributed by atoms with Crippen LogP contribution in [0.25, 0.3) is 0 Å². The number of carbonyl (C=O) groups is 1. The number of aromatic nitrogens is 2. The van der Waals surface area contributed by atoms with E-state index >= 15 is 0 Å². The quantitative estimate of drug-likeness (QED) is 0.894. The minimum atomic E-state index is -0.413. The molecule has 0 bridgehead atoms. The molecule has 2 aromatic rings. The first-order valence-electron chi connectivity index (χ1n) is 6.55. The van der Waals surface area contributed by atoms with Gasteiger partial charge < -0.3 is 10.6 Å². The summed E-state index contributed by atoms with van der Waals surface area (Å²) in [5, 5.41) is 10.1. The highest BCUT2D eigenvalue weighted by molar-refractivity contribution is 5.96. The Morgan fingerprint density at radius 1 is 1.35 bits per heavy atom. The highest BCUT2D eigenvalue weighted by Gasteiger charge is 2.20. The summed E-state index contributed by atoms with van der Waals surface area (Å²) in [7, 11) is 3.60. The van der Waals surface area contributed by atoms with Crippen molar-refractivity contribution >= 4 is 11.6 Å². The largest absolute Gasteiger partial charge is 0.324 e. The van der Waals surface area contributed by atoms with Crippen LogP contribution in [-0.2, 0) is 11.8 Å². The third-order valence-electron chi connectivity index (χ3n) is 3.26. The summed E-state index contributed by atoms with van der Waals surface area (Å²) in [6, 6.07) is 5.59. The number of hydrogen-bond donors (Lipinski definition) is 2. The van der Waals surface area contributed by atoms with Crippen molar-refractivity contribution in [3.8, 4) is 0 Å². The van der Waals surface area contributed by atoms with Crippen LogP contribution in [0.1, 0.15) is 22.7 Å². The SMILES string of the molecule is CNC(C(=O)Nc1cc(C)ccc1C)c1cnn(C)c1. The average molecular weight is 272 g/mol. The second-order valence-electron chi connectivity index (χ2n) is 4.98. The lowest BCUT2D eigenvalue weighted by molar-refractivity contribution is -0.118. The summed E-state index contributed by atoms with van der Waals surface area (Å²) in [4.78, 5) is 12.4. The Bertz CT molecular complexity index is 618. The van der Waals surface area contributed by atoms with Gasteiger partial charge in [0.15, 0.2) is 0 Å². The first-order valence-corrected chi connectivity index (χ1v) is 6.55. The Balaban J connectivity index is 2.19. The normalized spacial score (nSPS) is 12.2. The van der Waals surface area contributed by atoms with E-state index in [0.717, 1.165) is 22.4 Å². The van der Waals surface area contributed by atoms with Crippen LogP contribution in [0.3, 0.4) is 0 Å². The van der Waals surface area contributed by atoms with Gasteiger partial charge in [-0.1, -0.05) is 12.1 Å². The molecule has 1 atom stereocenters. The average Bonchev–Trinajstić information content (AvgIpc) is 2.81. The number of carbonyl (C=O) groups excluding carboxylic acids is 1. The van der Waals surface area contributed by atoms with Gasteiger partial charge in [-0.05, 0) is 38.1 Å². The predicted octanol–water partition coefficient (Wildman–Crippen LogP) is 1.94. The summed E-state index contributed by atoms with van der Waals surface area (Å²) in [5.41, 5.74) is 3.86. The Morgan fingerprint density at radius 2 is 2.10 bits per heavy atom. The molecular formula is C15H20N4O. The molecule has 1 unspecified atom stereocenters. The van der Waals surface area contributed by atoms with Gasteiger partial charge in [0, 0.05) is 24.5 Å². The Morgan fingerprint density at radius 3 is 2.70 bits per heavy atom. The van der Waals surface area contributed by atoms with Crippen molar-refractivity contribution in [2.45, 2.75) is 19.9 Å². The van der Waals surface area contributed by atoms with E-state index in [0.29, 0.717) is 0 Å². The van der Waals surface area contributed by atoms with Crippen LogP contribution in [0, 0.1) is 13.8 Å². The van der Waals surface area contributed by atoms with Crippen molar-refractivity contribution in [2.24, 2.45) is 7.05 Å². The second-order valence-corrected chi connectivity index (χ2v) is 4.98. The zero-order valence-electron chi connectivity index (χ0n) is 12.3. The van der Waals surface area contributed by atoms with Gasteiger partial charge in [0.25, 0.3) is 0 Å². The summed E-state index contributed by atoms with van der Waals surface area (Å²) < 4.78 is 1.69. The number of nitrogens with zero attached hydrogens (tertiary/aromatic N) is 2. The lowest BCUT2D eigenvalue weighted by atomic mass is 10.1. The molecule has 1 aromatic heterocycles. The van der Waals surface area contributed by atoms with E-state index < -0.39 is 6.04 Å². The maximum atomic E-state index is 12.4. The van der Waals surface area contributed by atoms with E-state index in [2.05, 4.69) is 15.7 Å². The third kappa shape index (κ3) is 3.05. The molecule has 5 nitrogen and oxygen atoms in total. The van der Waals surface area contributed by atoms with Gasteiger partial charge in [-0.3, -0.25) is 9.48 Å². The molecule has 5 heteroatoms. The zero-order chi connectivity index (χ0) is 14.7. The summed E-state index contributed by atoms with van der Waals surface area (Å²) in [6.07, 6.45) is 3.54. The van der Waals surface area contributed by atoms with Crippen LogP contribution >= 0.6 is 0 Å². The minimum Gasteiger partial charge on any atom is -0.324 e. The van der Waals surface area contributed by atoms with Crippen molar-refractivity contribution in [2.75, 3.05) is 12.4 Å². The van der Waals surface area contributed by atoms with Crippen molar-refractivity contribution < 1.29 is 4.79 Å². The van der Waals surface area contributed by atoms with Gasteiger partial charge in [-0.15, -0.1) is 0 Å². The summed E-state index contributed by atoms with van der Waals surface area (Å²) >= 11 is 0. The highest BCUT2D eigenvalue weighted by atomic mass is 16.2. The smallest absolute Gasteiger partial charge is 0.246 e. The molecule has 0 aliphatic heterocycles. The van der Waals surface area contributed by atoms with Crippen LogP contribution in [0.2, 0.25) is 0 Å². The predicted molar refractivity (Wildman–Crippen MR) is 79.6 cm³/mol. The van der Waals surface area contributed by atoms with E-state index in [1.807, 2.05) is 45.3 Å². The van der Waals surface area contributed by atoms with Crippen molar-refractivity contribution in [3.05, 3.63) is 47.3 Å². The molecule has 20 heavy (non-hydrogen) atoms. The lowest BCUT2D eigenvalue weighted by Gasteiger charge is -2.16. The maximum Gasteiger partial charge on any atom is 0.246 e. The third-order valence-corrected chi connectivity index (χ3v) is 3.26. The van der Waals surface area contributed by atoms with Crippen LogP contribution in [-0.4, -0.2) is 22.7 Å². The van der Waals surface area contributed by atoms with Crippen LogP contribution < -0.4 is 10.6 Å². The molecule has 1 heterocycles. The topological polar surface area (TPSA) is 59.0 Å². The molecule has 2 N–H and O–H groups in total. The van der Waals surface area contributed by atoms with Crippen LogP contribution in [0.5, 0.6) is 0 Å². The number of hydrogen-bond acceptors (Lipinski definition) is 3. The number of likely N-dealkylation sites (N-methyl/N-ethyl adjacent to an activating group) is 1. The minimum absolute atomic E-state index is 0.0887. The molecule has 0 radical (unpaired) electrons. The number of benzene rings is 1. The van der Waals surface area contributed by atoms with E-state index in [1.54, 1.807) is 17.9 Å². The number of rotatable bonds is 4. The number of amides is 1. The van der Waals surface area contributed by atoms with E-state index in [9.17, 15) is 4.79 Å². The monoisotopic (exact) mass is 272 g/mol. The number of anilines is 1. The molecule has 0 aliphatic carbocycles. The van der Waals surface area contributed by atoms with Gasteiger partial charge in [0.2, 0.25) is 5.91 Å². The summed E-state index contributed by atoms with van der Waals surface area (Å²) in [6.45, 7) is 3.99. The molecule has 0 aliphatic rings. The van der Waals surface area contributed by atoms with Crippen molar-refractivity contribution in [1.82, 2.24) is 15.1 Å². The van der Waals surface area contributed by atoms with E-state index in [-0.39, 0.29) is 5.91 Å². The van der Waals surface area contributed by atoms with Gasteiger partial charge in [0.05, 0.1) is 6.20 Å². The Hall–Kier alpha value is -2.14. The van der Waals surface area contributed by atoms with E-state index in [1.165, 1.54) is 0 Å². The number of nitrogens with one attached hydrogen (secondary N) is 2. The first-order chi connectivity index (χ1) is 9.51. The van der Waals surface area contributed by atoms with Gasteiger partial charge in [0.1, 0.15) is 6.04 Å². The van der Waals surface area contributed by atoms with Gasteiger partial charge in [-0.2, -0.15) is 5.10 Å². The molecule has 0 fully saturated rings. The molecule has 0 saturated heterocycles. The Kier molecular flexibility index (Phi) is 4.20. The van der Waals surface area contributed by atoms with Crippen LogP contribution in [0.4, 0.5) is 5.69 Å². The fourth-order valence-electron chi connectivity index (χ4n) is 2.11. The molecule has 0 spiro atoms. The molecular weight excluding hydrogens is 252 g/mol. The van der Waals surface area contributed by atoms with E-state index in [4.69, 9.17) is 0 Å². The molecule has 106 valence electrons.